The van der Waals surface area contributed by atoms with E-state index in [1.807, 2.05) is 6.92 Å². The molecule has 0 aliphatic carbocycles. The number of aromatic carboxylic acids is 1. The van der Waals surface area contributed by atoms with Crippen LogP contribution >= 0.6 is 0 Å². The SMILES string of the molecule is Cc1ccc(C(=O)O)c(N2CCC3C(CCC(=O)N3CC(C)C)C2)n1. The first kappa shape index (κ1) is 17.7. The van der Waals surface area contributed by atoms with E-state index in [0.29, 0.717) is 24.1 Å². The second-order valence-electron chi connectivity index (χ2n) is 7.67. The average Bonchev–Trinajstić information content (AvgIpc) is 2.56. The summed E-state index contributed by atoms with van der Waals surface area (Å²) in [5, 5.41) is 9.48. The maximum Gasteiger partial charge on any atom is 0.339 e. The van der Waals surface area contributed by atoms with Crippen LogP contribution in [0.4, 0.5) is 5.82 Å². The molecule has 25 heavy (non-hydrogen) atoms. The van der Waals surface area contributed by atoms with Gasteiger partial charge in [0, 0.05) is 37.8 Å². The Labute approximate surface area is 148 Å². The van der Waals surface area contributed by atoms with Crippen LogP contribution in [0.15, 0.2) is 12.1 Å². The third-order valence-corrected chi connectivity index (χ3v) is 5.25. The van der Waals surface area contributed by atoms with Gasteiger partial charge in [-0.25, -0.2) is 9.78 Å². The van der Waals surface area contributed by atoms with E-state index in [9.17, 15) is 14.7 Å². The number of likely N-dealkylation sites (tertiary alicyclic amines) is 1. The number of nitrogens with zero attached hydrogens (tertiary/aromatic N) is 3. The van der Waals surface area contributed by atoms with Crippen molar-refractivity contribution in [3.05, 3.63) is 23.4 Å². The second-order valence-corrected chi connectivity index (χ2v) is 7.67. The number of aromatic nitrogens is 1. The van der Waals surface area contributed by atoms with Crippen molar-refractivity contribution in [2.75, 3.05) is 24.5 Å². The molecule has 2 atom stereocenters. The van der Waals surface area contributed by atoms with Crippen molar-refractivity contribution in [3.63, 3.8) is 0 Å². The topological polar surface area (TPSA) is 73.7 Å². The summed E-state index contributed by atoms with van der Waals surface area (Å²) in [5.74, 6) is 0.735. The van der Waals surface area contributed by atoms with Gasteiger partial charge in [0.25, 0.3) is 0 Å². The highest BCUT2D eigenvalue weighted by Gasteiger charge is 2.40. The highest BCUT2D eigenvalue weighted by molar-refractivity contribution is 5.93. The summed E-state index contributed by atoms with van der Waals surface area (Å²) in [6, 6.07) is 3.66. The maximum atomic E-state index is 12.3. The zero-order chi connectivity index (χ0) is 18.1. The standard InChI is InChI=1S/C19H27N3O3/c1-12(2)10-22-16-8-9-21(11-14(16)5-7-17(22)23)18-15(19(24)25)6-4-13(3)20-18/h4,6,12,14,16H,5,7-11H2,1-3H3,(H,24,25). The minimum atomic E-state index is -0.940. The van der Waals surface area contributed by atoms with Gasteiger partial charge in [0.15, 0.2) is 0 Å². The van der Waals surface area contributed by atoms with E-state index in [4.69, 9.17) is 0 Å². The zero-order valence-electron chi connectivity index (χ0n) is 15.2. The Morgan fingerprint density at radius 2 is 2.12 bits per heavy atom. The Morgan fingerprint density at radius 1 is 1.36 bits per heavy atom. The van der Waals surface area contributed by atoms with Crippen molar-refractivity contribution < 1.29 is 14.7 Å². The third-order valence-electron chi connectivity index (χ3n) is 5.25. The molecule has 2 aliphatic heterocycles. The van der Waals surface area contributed by atoms with Gasteiger partial charge < -0.3 is 14.9 Å². The summed E-state index contributed by atoms with van der Waals surface area (Å²) in [6.07, 6.45) is 2.34. The number of fused-ring (bicyclic) bond motifs is 1. The molecule has 1 amide bonds. The first-order chi connectivity index (χ1) is 11.9. The number of amides is 1. The average molecular weight is 345 g/mol. The first-order valence-electron chi connectivity index (χ1n) is 9.12. The molecule has 0 saturated carbocycles. The fraction of sp³-hybridized carbons (Fsp3) is 0.632. The number of anilines is 1. The highest BCUT2D eigenvalue weighted by atomic mass is 16.4. The van der Waals surface area contributed by atoms with Gasteiger partial charge in [-0.05, 0) is 43.7 Å². The van der Waals surface area contributed by atoms with Crippen LogP contribution in [0.25, 0.3) is 0 Å². The highest BCUT2D eigenvalue weighted by Crippen LogP contribution is 2.34. The molecule has 0 spiro atoms. The predicted molar refractivity (Wildman–Crippen MR) is 95.8 cm³/mol. The Morgan fingerprint density at radius 3 is 2.80 bits per heavy atom. The van der Waals surface area contributed by atoms with Crippen LogP contribution in [0.1, 0.15) is 49.2 Å². The van der Waals surface area contributed by atoms with E-state index < -0.39 is 5.97 Å². The molecule has 0 bridgehead atoms. The van der Waals surface area contributed by atoms with Crippen LogP contribution < -0.4 is 4.90 Å². The molecule has 2 saturated heterocycles. The van der Waals surface area contributed by atoms with Gasteiger partial charge in [-0.15, -0.1) is 0 Å². The van der Waals surface area contributed by atoms with Crippen LogP contribution in [0.5, 0.6) is 0 Å². The number of hydrogen-bond donors (Lipinski definition) is 1. The van der Waals surface area contributed by atoms with Gasteiger partial charge in [-0.3, -0.25) is 4.79 Å². The quantitative estimate of drug-likeness (QED) is 0.908. The van der Waals surface area contributed by atoms with E-state index in [1.165, 1.54) is 0 Å². The minimum absolute atomic E-state index is 0.259. The molecular weight excluding hydrogens is 318 g/mol. The maximum absolute atomic E-state index is 12.3. The molecule has 6 heteroatoms. The van der Waals surface area contributed by atoms with Crippen molar-refractivity contribution in [1.29, 1.82) is 0 Å². The molecule has 6 nitrogen and oxygen atoms in total. The van der Waals surface area contributed by atoms with E-state index in [2.05, 4.69) is 28.6 Å². The smallest absolute Gasteiger partial charge is 0.339 e. The summed E-state index contributed by atoms with van der Waals surface area (Å²) < 4.78 is 0. The summed E-state index contributed by atoms with van der Waals surface area (Å²) in [6.45, 7) is 8.47. The largest absolute Gasteiger partial charge is 0.478 e. The summed E-state index contributed by atoms with van der Waals surface area (Å²) in [5.41, 5.74) is 1.08. The summed E-state index contributed by atoms with van der Waals surface area (Å²) in [4.78, 5) is 32.6. The fourth-order valence-electron chi connectivity index (χ4n) is 4.13. The van der Waals surface area contributed by atoms with Gasteiger partial charge in [0.1, 0.15) is 11.4 Å². The number of aryl methyl sites for hydroxylation is 1. The Bertz CT molecular complexity index is 674. The lowest BCUT2D eigenvalue weighted by Gasteiger charge is -2.48. The number of rotatable bonds is 4. The van der Waals surface area contributed by atoms with Crippen molar-refractivity contribution in [1.82, 2.24) is 9.88 Å². The number of carboxylic acid groups (broad SMARTS) is 1. The van der Waals surface area contributed by atoms with Crippen LogP contribution in [-0.2, 0) is 4.79 Å². The van der Waals surface area contributed by atoms with Crippen molar-refractivity contribution in [2.24, 2.45) is 11.8 Å². The molecule has 3 rings (SSSR count). The molecule has 0 aromatic carbocycles. The summed E-state index contributed by atoms with van der Waals surface area (Å²) >= 11 is 0. The van der Waals surface area contributed by atoms with Crippen molar-refractivity contribution >= 4 is 17.7 Å². The van der Waals surface area contributed by atoms with E-state index in [-0.39, 0.29) is 17.5 Å². The predicted octanol–water partition coefficient (Wildman–Crippen LogP) is 2.56. The number of pyridine rings is 1. The van der Waals surface area contributed by atoms with Gasteiger partial charge >= 0.3 is 5.97 Å². The number of piperidine rings is 2. The molecule has 136 valence electrons. The zero-order valence-corrected chi connectivity index (χ0v) is 15.2. The van der Waals surface area contributed by atoms with Crippen molar-refractivity contribution in [3.8, 4) is 0 Å². The lowest BCUT2D eigenvalue weighted by molar-refractivity contribution is -0.140. The molecule has 2 fully saturated rings. The molecular formula is C19H27N3O3. The van der Waals surface area contributed by atoms with Crippen LogP contribution in [0, 0.1) is 18.8 Å². The molecule has 3 heterocycles. The number of carbonyl (C=O) groups is 2. The number of hydrogen-bond acceptors (Lipinski definition) is 4. The van der Waals surface area contributed by atoms with Crippen LogP contribution in [-0.4, -0.2) is 52.5 Å². The Hall–Kier alpha value is -2.11. The van der Waals surface area contributed by atoms with Gasteiger partial charge in [-0.2, -0.15) is 0 Å². The molecule has 2 aliphatic rings. The molecule has 1 aromatic rings. The third kappa shape index (κ3) is 3.62. The Kier molecular flexibility index (Phi) is 4.97. The van der Waals surface area contributed by atoms with Gasteiger partial charge in [0.05, 0.1) is 0 Å². The number of carbonyl (C=O) groups excluding carboxylic acids is 1. The monoisotopic (exact) mass is 345 g/mol. The fourth-order valence-corrected chi connectivity index (χ4v) is 4.13. The first-order valence-corrected chi connectivity index (χ1v) is 9.12. The van der Waals surface area contributed by atoms with Crippen LogP contribution in [0.2, 0.25) is 0 Å². The summed E-state index contributed by atoms with van der Waals surface area (Å²) in [7, 11) is 0. The lowest BCUT2D eigenvalue weighted by Crippen LogP contribution is -2.57. The Balaban J connectivity index is 1.81. The van der Waals surface area contributed by atoms with Gasteiger partial charge in [-0.1, -0.05) is 13.8 Å². The molecule has 1 N–H and O–H groups in total. The number of carboxylic acids is 1. The minimum Gasteiger partial charge on any atom is -0.478 e. The lowest BCUT2D eigenvalue weighted by atomic mass is 9.83. The molecule has 0 radical (unpaired) electrons. The van der Waals surface area contributed by atoms with E-state index in [1.54, 1.807) is 12.1 Å². The van der Waals surface area contributed by atoms with Crippen molar-refractivity contribution in [2.45, 2.75) is 46.1 Å². The van der Waals surface area contributed by atoms with E-state index in [0.717, 1.165) is 38.2 Å². The normalized spacial score (nSPS) is 23.8. The molecule has 1 aromatic heterocycles. The van der Waals surface area contributed by atoms with E-state index >= 15 is 0 Å². The second kappa shape index (κ2) is 7.02. The van der Waals surface area contributed by atoms with Gasteiger partial charge in [0.2, 0.25) is 5.91 Å². The van der Waals surface area contributed by atoms with Crippen LogP contribution in [0.3, 0.4) is 0 Å². The molecule has 2 unspecified atom stereocenters.